The molecule has 1 aromatic rings. The first-order valence-electron chi connectivity index (χ1n) is 8.29. The van der Waals surface area contributed by atoms with Crippen LogP contribution in [-0.4, -0.2) is 18.4 Å². The quantitative estimate of drug-likeness (QED) is 0.542. The number of anilines is 1. The topological polar surface area (TPSA) is 58.2 Å². The molecule has 0 aliphatic heterocycles. The van der Waals surface area contributed by atoms with Crippen LogP contribution < -0.4 is 10.6 Å². The molecule has 1 aromatic carbocycles. The van der Waals surface area contributed by atoms with Crippen LogP contribution in [0.1, 0.15) is 57.6 Å². The largest absolute Gasteiger partial charge is 0.356 e. The molecule has 0 unspecified atom stereocenters. The van der Waals surface area contributed by atoms with Crippen LogP contribution in [0.2, 0.25) is 0 Å². The zero-order chi connectivity index (χ0) is 16.4. The van der Waals surface area contributed by atoms with E-state index in [1.54, 1.807) is 0 Å². The first-order valence-corrected chi connectivity index (χ1v) is 8.29. The van der Waals surface area contributed by atoms with Gasteiger partial charge in [0.2, 0.25) is 11.8 Å². The van der Waals surface area contributed by atoms with Gasteiger partial charge in [-0.2, -0.15) is 0 Å². The number of hydrogen-bond donors (Lipinski definition) is 2. The summed E-state index contributed by atoms with van der Waals surface area (Å²) in [7, 11) is 0. The number of benzene rings is 1. The van der Waals surface area contributed by atoms with Crippen LogP contribution in [0.25, 0.3) is 0 Å². The lowest BCUT2D eigenvalue weighted by atomic mass is 10.0. The van der Waals surface area contributed by atoms with Crippen molar-refractivity contribution in [2.24, 2.45) is 0 Å². The molecule has 4 nitrogen and oxygen atoms in total. The molecular weight excluding hydrogens is 276 g/mol. The van der Waals surface area contributed by atoms with Crippen molar-refractivity contribution in [1.29, 1.82) is 0 Å². The molecule has 0 radical (unpaired) electrons. The van der Waals surface area contributed by atoms with Crippen molar-refractivity contribution < 1.29 is 9.59 Å². The fourth-order valence-electron chi connectivity index (χ4n) is 2.40. The molecule has 0 saturated heterocycles. The summed E-state index contributed by atoms with van der Waals surface area (Å²) in [5, 5.41) is 5.71. The van der Waals surface area contributed by atoms with Crippen molar-refractivity contribution in [3.05, 3.63) is 29.3 Å². The van der Waals surface area contributed by atoms with Gasteiger partial charge in [0.1, 0.15) is 6.42 Å². The molecule has 0 aromatic heterocycles. The van der Waals surface area contributed by atoms with Crippen LogP contribution in [0.3, 0.4) is 0 Å². The smallest absolute Gasteiger partial charge is 0.233 e. The van der Waals surface area contributed by atoms with Crippen LogP contribution >= 0.6 is 0 Å². The summed E-state index contributed by atoms with van der Waals surface area (Å²) in [6.07, 6.45) is 4.76. The third kappa shape index (κ3) is 5.88. The lowest BCUT2D eigenvalue weighted by molar-refractivity contribution is -0.126. The third-order valence-corrected chi connectivity index (χ3v) is 3.69. The molecule has 0 bridgehead atoms. The van der Waals surface area contributed by atoms with Crippen LogP contribution in [0, 0.1) is 0 Å². The number of carbonyl (C=O) groups excluding carboxylic acids is 2. The Bertz CT molecular complexity index is 476. The predicted octanol–water partition coefficient (Wildman–Crippen LogP) is 3.45. The number of carbonyl (C=O) groups is 2. The third-order valence-electron chi connectivity index (χ3n) is 3.69. The number of amides is 2. The Labute approximate surface area is 133 Å². The highest BCUT2D eigenvalue weighted by Gasteiger charge is 2.13. The molecule has 0 aliphatic carbocycles. The number of unbranched alkanes of at least 4 members (excludes halogenated alkanes) is 2. The van der Waals surface area contributed by atoms with E-state index in [0.29, 0.717) is 6.54 Å². The van der Waals surface area contributed by atoms with Crippen molar-refractivity contribution in [2.75, 3.05) is 11.9 Å². The number of hydrogen-bond acceptors (Lipinski definition) is 2. The first-order chi connectivity index (χ1) is 10.6. The first kappa shape index (κ1) is 18.2. The van der Waals surface area contributed by atoms with Crippen LogP contribution in [-0.2, 0) is 22.4 Å². The number of para-hydroxylation sites is 1. The highest BCUT2D eigenvalue weighted by atomic mass is 16.2. The zero-order valence-corrected chi connectivity index (χ0v) is 14.0. The summed E-state index contributed by atoms with van der Waals surface area (Å²) in [6, 6.07) is 6.03. The van der Waals surface area contributed by atoms with Crippen molar-refractivity contribution in [1.82, 2.24) is 5.32 Å². The second kappa shape index (κ2) is 9.98. The Morgan fingerprint density at radius 3 is 2.14 bits per heavy atom. The standard InChI is InChI=1S/C18H28N2O2/c1-4-7-8-12-19-16(21)13-17(22)20-18-14(5-2)10-9-11-15(18)6-3/h9-11H,4-8,12-13H2,1-3H3,(H,19,21)(H,20,22). The average Bonchev–Trinajstić information content (AvgIpc) is 2.51. The van der Waals surface area contributed by atoms with Gasteiger partial charge >= 0.3 is 0 Å². The summed E-state index contributed by atoms with van der Waals surface area (Å²) in [6.45, 7) is 6.88. The summed E-state index contributed by atoms with van der Waals surface area (Å²) in [5.41, 5.74) is 3.09. The average molecular weight is 304 g/mol. The van der Waals surface area contributed by atoms with Gasteiger partial charge in [-0.15, -0.1) is 0 Å². The van der Waals surface area contributed by atoms with Gasteiger partial charge in [0.15, 0.2) is 0 Å². The molecular formula is C18H28N2O2. The molecule has 0 spiro atoms. The lowest BCUT2D eigenvalue weighted by Gasteiger charge is -2.14. The van der Waals surface area contributed by atoms with Gasteiger partial charge in [-0.25, -0.2) is 0 Å². The van der Waals surface area contributed by atoms with E-state index in [4.69, 9.17) is 0 Å². The minimum Gasteiger partial charge on any atom is -0.356 e. The van der Waals surface area contributed by atoms with Gasteiger partial charge < -0.3 is 10.6 Å². The van der Waals surface area contributed by atoms with Gasteiger partial charge in [-0.1, -0.05) is 51.8 Å². The minimum atomic E-state index is -0.247. The second-order valence-electron chi connectivity index (χ2n) is 5.44. The summed E-state index contributed by atoms with van der Waals surface area (Å²) >= 11 is 0. The molecule has 4 heteroatoms. The molecule has 2 N–H and O–H groups in total. The SMILES string of the molecule is CCCCCNC(=O)CC(=O)Nc1c(CC)cccc1CC. The van der Waals surface area contributed by atoms with Crippen LogP contribution in [0.4, 0.5) is 5.69 Å². The van der Waals surface area contributed by atoms with Crippen LogP contribution in [0.5, 0.6) is 0 Å². The summed E-state index contributed by atoms with van der Waals surface area (Å²) < 4.78 is 0. The van der Waals surface area contributed by atoms with E-state index in [1.807, 2.05) is 18.2 Å². The van der Waals surface area contributed by atoms with Gasteiger partial charge in [-0.05, 0) is 30.4 Å². The second-order valence-corrected chi connectivity index (χ2v) is 5.44. The molecule has 0 atom stereocenters. The van der Waals surface area contributed by atoms with E-state index in [-0.39, 0.29) is 18.2 Å². The molecule has 1 rings (SSSR count). The minimum absolute atomic E-state index is 0.118. The molecule has 122 valence electrons. The maximum Gasteiger partial charge on any atom is 0.233 e. The fourth-order valence-corrected chi connectivity index (χ4v) is 2.40. The van der Waals surface area contributed by atoms with Crippen molar-refractivity contribution in [3.63, 3.8) is 0 Å². The molecule has 0 aliphatic rings. The van der Waals surface area contributed by atoms with Crippen molar-refractivity contribution in [3.8, 4) is 0 Å². The molecule has 0 heterocycles. The maximum atomic E-state index is 12.1. The van der Waals surface area contributed by atoms with Gasteiger partial charge in [0.25, 0.3) is 0 Å². The van der Waals surface area contributed by atoms with E-state index in [1.165, 1.54) is 0 Å². The van der Waals surface area contributed by atoms with Gasteiger partial charge in [-0.3, -0.25) is 9.59 Å². The van der Waals surface area contributed by atoms with Gasteiger partial charge in [0.05, 0.1) is 0 Å². The number of nitrogens with one attached hydrogen (secondary N) is 2. The highest BCUT2D eigenvalue weighted by Crippen LogP contribution is 2.22. The molecule has 0 fully saturated rings. The lowest BCUT2D eigenvalue weighted by Crippen LogP contribution is -2.29. The monoisotopic (exact) mass is 304 g/mol. The van der Waals surface area contributed by atoms with Crippen molar-refractivity contribution in [2.45, 2.75) is 59.3 Å². The Balaban J connectivity index is 2.56. The zero-order valence-electron chi connectivity index (χ0n) is 14.0. The van der Waals surface area contributed by atoms with E-state index in [0.717, 1.165) is 48.9 Å². The molecule has 2 amide bonds. The predicted molar refractivity (Wildman–Crippen MR) is 91.0 cm³/mol. The fraction of sp³-hybridized carbons (Fsp3) is 0.556. The van der Waals surface area contributed by atoms with E-state index in [2.05, 4.69) is 31.4 Å². The van der Waals surface area contributed by atoms with Gasteiger partial charge in [0, 0.05) is 12.2 Å². The molecule has 22 heavy (non-hydrogen) atoms. The number of aryl methyl sites for hydroxylation is 2. The van der Waals surface area contributed by atoms with E-state index >= 15 is 0 Å². The highest BCUT2D eigenvalue weighted by molar-refractivity contribution is 6.04. The Morgan fingerprint density at radius 1 is 0.955 bits per heavy atom. The Kier molecular flexibility index (Phi) is 8.26. The normalized spacial score (nSPS) is 10.3. The van der Waals surface area contributed by atoms with Crippen molar-refractivity contribution >= 4 is 17.5 Å². The number of rotatable bonds is 9. The van der Waals surface area contributed by atoms with Crippen LogP contribution in [0.15, 0.2) is 18.2 Å². The Morgan fingerprint density at radius 2 is 1.59 bits per heavy atom. The van der Waals surface area contributed by atoms with E-state index in [9.17, 15) is 9.59 Å². The van der Waals surface area contributed by atoms with E-state index < -0.39 is 0 Å². The Hall–Kier alpha value is -1.84. The maximum absolute atomic E-state index is 12.1. The summed E-state index contributed by atoms with van der Waals surface area (Å²) in [5.74, 6) is -0.454. The summed E-state index contributed by atoms with van der Waals surface area (Å²) in [4.78, 5) is 23.8. The molecule has 0 saturated carbocycles.